The zero-order valence-corrected chi connectivity index (χ0v) is 14.0. The van der Waals surface area contributed by atoms with Crippen LogP contribution in [0.5, 0.6) is 0 Å². The van der Waals surface area contributed by atoms with Crippen molar-refractivity contribution >= 4 is 33.0 Å². The van der Waals surface area contributed by atoms with Crippen LogP contribution in [-0.2, 0) is 0 Å². The van der Waals surface area contributed by atoms with Gasteiger partial charge in [-0.05, 0) is 34.0 Å². The lowest BCUT2D eigenvalue weighted by molar-refractivity contribution is 0.0792. The molecule has 0 bridgehead atoms. The van der Waals surface area contributed by atoms with Crippen molar-refractivity contribution in [3.63, 3.8) is 0 Å². The van der Waals surface area contributed by atoms with Crippen molar-refractivity contribution in [2.24, 2.45) is 0 Å². The number of hydrogen-bond acceptors (Lipinski definition) is 5. The summed E-state index contributed by atoms with van der Waals surface area (Å²) in [6, 6.07) is 1.99. The molecule has 1 amide bonds. The fourth-order valence-electron chi connectivity index (χ4n) is 2.26. The molecule has 0 aliphatic rings. The average molecular weight is 306 g/mol. The SMILES string of the molecule is Cc1cc2sc(C(=O)N(C)CCN(C)C)c(N)c2c(C)n1. The highest BCUT2D eigenvalue weighted by Crippen LogP contribution is 2.36. The van der Waals surface area contributed by atoms with Crippen LogP contribution < -0.4 is 5.73 Å². The first kappa shape index (κ1) is 15.7. The van der Waals surface area contributed by atoms with E-state index >= 15 is 0 Å². The summed E-state index contributed by atoms with van der Waals surface area (Å²) >= 11 is 1.45. The first-order valence-electron chi connectivity index (χ1n) is 6.87. The van der Waals surface area contributed by atoms with E-state index in [-0.39, 0.29) is 5.91 Å². The lowest BCUT2D eigenvalue weighted by Crippen LogP contribution is -2.33. The van der Waals surface area contributed by atoms with E-state index < -0.39 is 0 Å². The predicted octanol–water partition coefficient (Wildman–Crippen LogP) is 2.13. The number of rotatable bonds is 4. The number of aryl methyl sites for hydroxylation is 2. The van der Waals surface area contributed by atoms with Gasteiger partial charge in [-0.3, -0.25) is 9.78 Å². The second kappa shape index (κ2) is 5.99. The summed E-state index contributed by atoms with van der Waals surface area (Å²) in [6.45, 7) is 5.39. The van der Waals surface area contributed by atoms with Crippen LogP contribution in [-0.4, -0.2) is 54.9 Å². The number of hydrogen-bond donors (Lipinski definition) is 1. The number of likely N-dealkylation sites (N-methyl/N-ethyl adjacent to an activating group) is 2. The summed E-state index contributed by atoms with van der Waals surface area (Å²) in [6.07, 6.45) is 0. The Kier molecular flexibility index (Phi) is 4.49. The minimum absolute atomic E-state index is 0.0207. The molecule has 0 atom stereocenters. The van der Waals surface area contributed by atoms with E-state index in [2.05, 4.69) is 9.88 Å². The highest BCUT2D eigenvalue weighted by atomic mass is 32.1. The molecule has 0 fully saturated rings. The van der Waals surface area contributed by atoms with Crippen LogP contribution in [0.2, 0.25) is 0 Å². The van der Waals surface area contributed by atoms with Crippen LogP contribution in [0.4, 0.5) is 5.69 Å². The maximum absolute atomic E-state index is 12.6. The van der Waals surface area contributed by atoms with Crippen molar-refractivity contribution in [3.8, 4) is 0 Å². The Hall–Kier alpha value is -1.66. The Labute approximate surface area is 129 Å². The standard InChI is InChI=1S/C15H22N4OS/c1-9-8-11-12(10(2)17-9)13(16)14(21-11)15(20)19(5)7-6-18(3)4/h8H,6-7,16H2,1-5H3. The van der Waals surface area contributed by atoms with E-state index in [0.717, 1.165) is 28.0 Å². The highest BCUT2D eigenvalue weighted by molar-refractivity contribution is 7.21. The van der Waals surface area contributed by atoms with Crippen molar-refractivity contribution in [2.45, 2.75) is 13.8 Å². The third-order valence-electron chi connectivity index (χ3n) is 3.44. The smallest absolute Gasteiger partial charge is 0.265 e. The fraction of sp³-hybridized carbons (Fsp3) is 0.467. The Morgan fingerprint density at radius 3 is 2.57 bits per heavy atom. The van der Waals surface area contributed by atoms with Gasteiger partial charge in [0, 0.05) is 41.6 Å². The number of fused-ring (bicyclic) bond motifs is 1. The first-order valence-corrected chi connectivity index (χ1v) is 7.69. The van der Waals surface area contributed by atoms with Gasteiger partial charge in [0.2, 0.25) is 0 Å². The van der Waals surface area contributed by atoms with Gasteiger partial charge in [0.25, 0.3) is 5.91 Å². The summed E-state index contributed by atoms with van der Waals surface area (Å²) in [4.78, 5) is 21.4. The van der Waals surface area contributed by atoms with Crippen molar-refractivity contribution in [3.05, 3.63) is 22.3 Å². The molecule has 0 aromatic carbocycles. The molecule has 2 heterocycles. The number of nitrogen functional groups attached to an aromatic ring is 1. The van der Waals surface area contributed by atoms with Gasteiger partial charge < -0.3 is 15.5 Å². The number of nitrogens with zero attached hydrogens (tertiary/aromatic N) is 3. The number of pyridine rings is 1. The van der Waals surface area contributed by atoms with Gasteiger partial charge in [0.15, 0.2) is 0 Å². The van der Waals surface area contributed by atoms with E-state index in [1.54, 1.807) is 4.90 Å². The monoisotopic (exact) mass is 306 g/mol. The molecule has 114 valence electrons. The molecule has 0 radical (unpaired) electrons. The van der Waals surface area contributed by atoms with E-state index in [9.17, 15) is 4.79 Å². The van der Waals surface area contributed by atoms with Crippen molar-refractivity contribution in [1.29, 1.82) is 0 Å². The summed E-state index contributed by atoms with van der Waals surface area (Å²) in [5, 5.41) is 0.912. The van der Waals surface area contributed by atoms with Gasteiger partial charge in [0.1, 0.15) is 4.88 Å². The Balaban J connectivity index is 2.36. The van der Waals surface area contributed by atoms with Crippen molar-refractivity contribution in [1.82, 2.24) is 14.8 Å². The van der Waals surface area contributed by atoms with E-state index in [1.165, 1.54) is 11.3 Å². The van der Waals surface area contributed by atoms with Gasteiger partial charge in [-0.1, -0.05) is 0 Å². The molecule has 0 saturated heterocycles. The molecule has 0 unspecified atom stereocenters. The Morgan fingerprint density at radius 1 is 1.29 bits per heavy atom. The quantitative estimate of drug-likeness (QED) is 0.940. The summed E-state index contributed by atoms with van der Waals surface area (Å²) in [5.74, 6) is -0.0207. The molecule has 21 heavy (non-hydrogen) atoms. The number of amides is 1. The van der Waals surface area contributed by atoms with Crippen molar-refractivity contribution in [2.75, 3.05) is 40.0 Å². The molecule has 0 aliphatic heterocycles. The summed E-state index contributed by atoms with van der Waals surface area (Å²) in [7, 11) is 5.79. The van der Waals surface area contributed by atoms with Crippen LogP contribution in [0.3, 0.4) is 0 Å². The second-order valence-electron chi connectivity index (χ2n) is 5.60. The molecule has 5 nitrogen and oxygen atoms in total. The van der Waals surface area contributed by atoms with Crippen molar-refractivity contribution < 1.29 is 4.79 Å². The summed E-state index contributed by atoms with van der Waals surface area (Å²) in [5.41, 5.74) is 8.58. The largest absolute Gasteiger partial charge is 0.397 e. The van der Waals surface area contributed by atoms with Gasteiger partial charge in [0.05, 0.1) is 5.69 Å². The third kappa shape index (κ3) is 3.16. The molecule has 2 N–H and O–H groups in total. The maximum atomic E-state index is 12.6. The van der Waals surface area contributed by atoms with E-state index in [4.69, 9.17) is 5.73 Å². The highest BCUT2D eigenvalue weighted by Gasteiger charge is 2.21. The molecule has 2 aromatic heterocycles. The lowest BCUT2D eigenvalue weighted by atomic mass is 10.2. The molecule has 0 saturated carbocycles. The lowest BCUT2D eigenvalue weighted by Gasteiger charge is -2.19. The molecular formula is C15H22N4OS. The third-order valence-corrected chi connectivity index (χ3v) is 4.58. The van der Waals surface area contributed by atoms with Gasteiger partial charge in [-0.15, -0.1) is 11.3 Å². The normalized spacial score (nSPS) is 11.3. The zero-order valence-electron chi connectivity index (χ0n) is 13.2. The number of carbonyl (C=O) groups is 1. The van der Waals surface area contributed by atoms with Crippen LogP contribution in [0.15, 0.2) is 6.07 Å². The second-order valence-corrected chi connectivity index (χ2v) is 6.65. The van der Waals surface area contributed by atoms with Crippen LogP contribution in [0.25, 0.3) is 10.1 Å². The van der Waals surface area contributed by atoms with Gasteiger partial charge in [-0.2, -0.15) is 0 Å². The molecule has 0 aliphatic carbocycles. The molecule has 0 spiro atoms. The van der Waals surface area contributed by atoms with Crippen LogP contribution in [0.1, 0.15) is 21.1 Å². The molecular weight excluding hydrogens is 284 g/mol. The Morgan fingerprint density at radius 2 is 1.95 bits per heavy atom. The minimum atomic E-state index is -0.0207. The minimum Gasteiger partial charge on any atom is -0.397 e. The average Bonchev–Trinajstić information content (AvgIpc) is 2.72. The van der Waals surface area contributed by atoms with E-state index in [0.29, 0.717) is 17.1 Å². The first-order chi connectivity index (χ1) is 9.81. The van der Waals surface area contributed by atoms with E-state index in [1.807, 2.05) is 41.1 Å². The molecule has 6 heteroatoms. The maximum Gasteiger partial charge on any atom is 0.265 e. The number of aromatic nitrogens is 1. The number of carbonyl (C=O) groups excluding carboxylic acids is 1. The molecule has 2 rings (SSSR count). The van der Waals surface area contributed by atoms with Crippen LogP contribution in [0, 0.1) is 13.8 Å². The zero-order chi connectivity index (χ0) is 15.7. The van der Waals surface area contributed by atoms with Gasteiger partial charge >= 0.3 is 0 Å². The summed E-state index contributed by atoms with van der Waals surface area (Å²) < 4.78 is 1.03. The number of anilines is 1. The predicted molar refractivity (Wildman–Crippen MR) is 89.0 cm³/mol. The molecule has 2 aromatic rings. The fourth-order valence-corrected chi connectivity index (χ4v) is 3.53. The topological polar surface area (TPSA) is 62.5 Å². The Bertz CT molecular complexity index is 678. The number of nitrogens with two attached hydrogens (primary N) is 1. The van der Waals surface area contributed by atoms with Gasteiger partial charge in [-0.25, -0.2) is 0 Å². The van der Waals surface area contributed by atoms with Crippen LogP contribution >= 0.6 is 11.3 Å². The number of thiophene rings is 1.